The Morgan fingerprint density at radius 3 is 2.31 bits per heavy atom. The summed E-state index contributed by atoms with van der Waals surface area (Å²) in [5.41, 5.74) is 1.69. The first kappa shape index (κ1) is 23.3. The summed E-state index contributed by atoms with van der Waals surface area (Å²) in [6.45, 7) is 3.75. The second-order valence-electron chi connectivity index (χ2n) is 6.83. The van der Waals surface area contributed by atoms with Crippen LogP contribution >= 0.6 is 11.6 Å². The molecule has 9 heteroatoms. The highest BCUT2D eigenvalue weighted by atomic mass is 35.5. The lowest BCUT2D eigenvalue weighted by atomic mass is 10.1. The van der Waals surface area contributed by atoms with Gasteiger partial charge in [-0.3, -0.25) is 9.52 Å². The Balaban J connectivity index is 1.82. The number of esters is 1. The van der Waals surface area contributed by atoms with Gasteiger partial charge in [-0.2, -0.15) is 0 Å². The molecule has 0 unspecified atom stereocenters. The van der Waals surface area contributed by atoms with E-state index in [9.17, 15) is 18.0 Å². The number of aryl methyl sites for hydroxylation is 1. The second kappa shape index (κ2) is 9.84. The van der Waals surface area contributed by atoms with Crippen LogP contribution in [0.25, 0.3) is 0 Å². The molecule has 3 aromatic rings. The van der Waals surface area contributed by atoms with Crippen molar-refractivity contribution in [2.75, 3.05) is 16.6 Å². The average molecular weight is 473 g/mol. The van der Waals surface area contributed by atoms with Gasteiger partial charge in [0, 0.05) is 5.69 Å². The summed E-state index contributed by atoms with van der Waals surface area (Å²) in [4.78, 5) is 24.8. The lowest BCUT2D eigenvalue weighted by Gasteiger charge is -2.13. The van der Waals surface area contributed by atoms with Gasteiger partial charge >= 0.3 is 5.97 Å². The Morgan fingerprint density at radius 1 is 0.969 bits per heavy atom. The predicted octanol–water partition coefficient (Wildman–Crippen LogP) is 4.88. The molecule has 2 N–H and O–H groups in total. The topological polar surface area (TPSA) is 102 Å². The van der Waals surface area contributed by atoms with Crippen LogP contribution in [-0.4, -0.2) is 26.9 Å². The van der Waals surface area contributed by atoms with Crippen LogP contribution in [-0.2, 0) is 14.8 Å². The van der Waals surface area contributed by atoms with Gasteiger partial charge in [-0.05, 0) is 56.3 Å². The molecule has 0 atom stereocenters. The van der Waals surface area contributed by atoms with Gasteiger partial charge in [0.1, 0.15) is 0 Å². The number of amides is 1. The molecule has 0 spiro atoms. The van der Waals surface area contributed by atoms with Crippen molar-refractivity contribution < 1.29 is 22.7 Å². The minimum atomic E-state index is -3.89. The molecule has 166 valence electrons. The minimum Gasteiger partial charge on any atom is -0.462 e. The van der Waals surface area contributed by atoms with Crippen LogP contribution in [0.3, 0.4) is 0 Å². The van der Waals surface area contributed by atoms with Crippen molar-refractivity contribution in [3.05, 3.63) is 88.4 Å². The molecule has 0 aliphatic carbocycles. The van der Waals surface area contributed by atoms with E-state index in [0.717, 1.165) is 5.56 Å². The first-order valence-electron chi connectivity index (χ1n) is 9.68. The molecule has 32 heavy (non-hydrogen) atoms. The van der Waals surface area contributed by atoms with E-state index in [1.807, 2.05) is 6.92 Å². The number of sulfonamides is 1. The lowest BCUT2D eigenvalue weighted by Crippen LogP contribution is -2.18. The predicted molar refractivity (Wildman–Crippen MR) is 124 cm³/mol. The molecule has 0 bridgehead atoms. The number of halogens is 1. The number of rotatable bonds is 7. The first-order valence-corrected chi connectivity index (χ1v) is 11.5. The van der Waals surface area contributed by atoms with Crippen LogP contribution in [0.5, 0.6) is 0 Å². The van der Waals surface area contributed by atoms with Crippen molar-refractivity contribution >= 4 is 44.9 Å². The number of benzene rings is 3. The number of hydrogen-bond donors (Lipinski definition) is 2. The average Bonchev–Trinajstić information content (AvgIpc) is 2.74. The van der Waals surface area contributed by atoms with Gasteiger partial charge in [-0.15, -0.1) is 0 Å². The molecule has 0 radical (unpaired) electrons. The molecule has 0 aliphatic rings. The zero-order chi connectivity index (χ0) is 23.3. The van der Waals surface area contributed by atoms with Crippen LogP contribution < -0.4 is 10.0 Å². The Hall–Kier alpha value is -3.36. The summed E-state index contributed by atoms with van der Waals surface area (Å²) in [6.07, 6.45) is 0. The number of carbonyl (C=O) groups excluding carboxylic acids is 2. The molecular weight excluding hydrogens is 452 g/mol. The quantitative estimate of drug-likeness (QED) is 0.477. The Morgan fingerprint density at radius 2 is 1.66 bits per heavy atom. The number of para-hydroxylation sites is 1. The van der Waals surface area contributed by atoms with Gasteiger partial charge in [-0.1, -0.05) is 41.4 Å². The Kier molecular flexibility index (Phi) is 7.17. The molecule has 7 nitrogen and oxygen atoms in total. The van der Waals surface area contributed by atoms with Crippen LogP contribution in [0.2, 0.25) is 5.02 Å². The van der Waals surface area contributed by atoms with Gasteiger partial charge in [0.2, 0.25) is 0 Å². The molecule has 1 amide bonds. The van der Waals surface area contributed by atoms with E-state index in [1.54, 1.807) is 31.2 Å². The fraction of sp³-hybridized carbons (Fsp3) is 0.130. The highest BCUT2D eigenvalue weighted by Crippen LogP contribution is 2.25. The van der Waals surface area contributed by atoms with Crippen molar-refractivity contribution in [2.45, 2.75) is 18.7 Å². The van der Waals surface area contributed by atoms with Crippen LogP contribution in [0, 0.1) is 6.92 Å². The largest absolute Gasteiger partial charge is 0.462 e. The maximum absolute atomic E-state index is 12.9. The van der Waals surface area contributed by atoms with E-state index in [4.69, 9.17) is 16.3 Å². The van der Waals surface area contributed by atoms with Gasteiger partial charge < -0.3 is 10.1 Å². The summed E-state index contributed by atoms with van der Waals surface area (Å²) in [5.74, 6) is -1.11. The Labute approximate surface area is 191 Å². The van der Waals surface area contributed by atoms with Crippen molar-refractivity contribution in [3.8, 4) is 0 Å². The fourth-order valence-electron chi connectivity index (χ4n) is 2.86. The third-order valence-corrected chi connectivity index (χ3v) is 6.16. The number of nitrogens with one attached hydrogen (secondary N) is 2. The van der Waals surface area contributed by atoms with Crippen molar-refractivity contribution in [2.24, 2.45) is 0 Å². The highest BCUT2D eigenvalue weighted by Gasteiger charge is 2.19. The number of ether oxygens (including phenoxy) is 1. The molecule has 0 saturated heterocycles. The maximum atomic E-state index is 12.9. The van der Waals surface area contributed by atoms with Crippen LogP contribution in [0.1, 0.15) is 33.2 Å². The van der Waals surface area contributed by atoms with Gasteiger partial charge in [0.15, 0.2) is 0 Å². The van der Waals surface area contributed by atoms with Crippen molar-refractivity contribution in [1.29, 1.82) is 0 Å². The molecular formula is C23H21ClN2O5S. The van der Waals surface area contributed by atoms with E-state index >= 15 is 0 Å². The van der Waals surface area contributed by atoms with Gasteiger partial charge in [0.05, 0.1) is 33.3 Å². The first-order chi connectivity index (χ1) is 15.2. The third kappa shape index (κ3) is 5.46. The molecule has 0 aliphatic heterocycles. The van der Waals surface area contributed by atoms with E-state index in [2.05, 4.69) is 10.0 Å². The summed E-state index contributed by atoms with van der Waals surface area (Å²) in [7, 11) is -3.89. The van der Waals surface area contributed by atoms with Crippen molar-refractivity contribution in [1.82, 2.24) is 0 Å². The minimum absolute atomic E-state index is 0.0830. The van der Waals surface area contributed by atoms with Gasteiger partial charge in [-0.25, -0.2) is 13.2 Å². The standard InChI is InChI=1S/C23H21ClN2O5S/c1-3-31-23(28)18-13-10-16(14-20(18)24)25-22(27)19-6-4-5-7-21(19)26-32(29,30)17-11-8-15(2)9-12-17/h4-14,26H,3H2,1-2H3,(H,25,27). The van der Waals surface area contributed by atoms with E-state index in [1.165, 1.54) is 42.5 Å². The second-order valence-corrected chi connectivity index (χ2v) is 8.92. The van der Waals surface area contributed by atoms with Crippen molar-refractivity contribution in [3.63, 3.8) is 0 Å². The molecule has 3 aromatic carbocycles. The smallest absolute Gasteiger partial charge is 0.339 e. The SMILES string of the molecule is CCOC(=O)c1ccc(NC(=O)c2ccccc2NS(=O)(=O)c2ccc(C)cc2)cc1Cl. The Bertz CT molecular complexity index is 1260. The third-order valence-electron chi connectivity index (χ3n) is 4.47. The zero-order valence-corrected chi connectivity index (χ0v) is 19.0. The fourth-order valence-corrected chi connectivity index (χ4v) is 4.19. The lowest BCUT2D eigenvalue weighted by molar-refractivity contribution is 0.0526. The molecule has 0 heterocycles. The van der Waals surface area contributed by atoms with Gasteiger partial charge in [0.25, 0.3) is 15.9 Å². The zero-order valence-electron chi connectivity index (χ0n) is 17.4. The summed E-state index contributed by atoms with van der Waals surface area (Å²) < 4.78 is 32.9. The van der Waals surface area contributed by atoms with E-state index in [-0.39, 0.29) is 33.3 Å². The molecule has 0 fully saturated rings. The molecule has 0 aromatic heterocycles. The monoisotopic (exact) mass is 472 g/mol. The number of carbonyl (C=O) groups is 2. The summed E-state index contributed by atoms with van der Waals surface area (Å²) in [5, 5.41) is 2.78. The van der Waals surface area contributed by atoms with E-state index in [0.29, 0.717) is 5.69 Å². The van der Waals surface area contributed by atoms with Crippen LogP contribution in [0.4, 0.5) is 11.4 Å². The maximum Gasteiger partial charge on any atom is 0.339 e. The molecule has 0 saturated carbocycles. The number of hydrogen-bond acceptors (Lipinski definition) is 5. The normalized spacial score (nSPS) is 11.0. The highest BCUT2D eigenvalue weighted by molar-refractivity contribution is 7.92. The molecule has 3 rings (SSSR count). The summed E-state index contributed by atoms with van der Waals surface area (Å²) >= 11 is 6.14. The number of anilines is 2. The van der Waals surface area contributed by atoms with Crippen LogP contribution in [0.15, 0.2) is 71.6 Å². The summed E-state index contributed by atoms with van der Waals surface area (Å²) in [6, 6.07) is 17.0. The van der Waals surface area contributed by atoms with E-state index < -0.39 is 21.9 Å².